The minimum atomic E-state index is -0.117. The third-order valence-corrected chi connectivity index (χ3v) is 2.68. The third-order valence-electron chi connectivity index (χ3n) is 2.68. The molecule has 2 amide bonds. The summed E-state index contributed by atoms with van der Waals surface area (Å²) in [6, 6.07) is -0.227. The molecule has 1 aliphatic heterocycles. The number of amides is 2. The molecule has 0 fully saturated rings. The molecule has 0 bridgehead atoms. The molecular weight excluding hydrogens is 168 g/mol. The highest BCUT2D eigenvalue weighted by Crippen LogP contribution is 2.30. The fourth-order valence-corrected chi connectivity index (χ4v) is 1.98. The molecule has 0 saturated heterocycles. The Labute approximate surface area is 76.6 Å². The lowest BCUT2D eigenvalue weighted by molar-refractivity contribution is -0.115. The van der Waals surface area contributed by atoms with E-state index in [1.807, 2.05) is 6.92 Å². The average molecular weight is 180 g/mol. The first kappa shape index (κ1) is 8.29. The molecule has 0 radical (unpaired) electrons. The van der Waals surface area contributed by atoms with Crippen molar-refractivity contribution in [3.05, 3.63) is 11.3 Å². The highest BCUT2D eigenvalue weighted by atomic mass is 16.2. The van der Waals surface area contributed by atoms with Gasteiger partial charge in [0, 0.05) is 24.7 Å². The van der Waals surface area contributed by atoms with Crippen LogP contribution in [0.25, 0.3) is 0 Å². The van der Waals surface area contributed by atoms with Gasteiger partial charge in [0.2, 0.25) is 0 Å². The fraction of sp³-hybridized carbons (Fsp3) is 0.556. The zero-order valence-electron chi connectivity index (χ0n) is 7.76. The summed E-state index contributed by atoms with van der Waals surface area (Å²) >= 11 is 0. The van der Waals surface area contributed by atoms with Gasteiger partial charge >= 0.3 is 6.03 Å². The van der Waals surface area contributed by atoms with E-state index in [-0.39, 0.29) is 17.9 Å². The Morgan fingerprint density at radius 2 is 2.08 bits per heavy atom. The molecule has 1 atom stereocenters. The van der Waals surface area contributed by atoms with E-state index < -0.39 is 0 Å². The Bertz CT molecular complexity index is 320. The predicted octanol–water partition coefficient (Wildman–Crippen LogP) is 0.647. The van der Waals surface area contributed by atoms with Crippen molar-refractivity contribution < 1.29 is 9.59 Å². The van der Waals surface area contributed by atoms with E-state index >= 15 is 0 Å². The second kappa shape index (κ2) is 2.58. The van der Waals surface area contributed by atoms with Crippen LogP contribution in [0, 0.1) is 0 Å². The summed E-state index contributed by atoms with van der Waals surface area (Å²) in [7, 11) is 1.70. The Morgan fingerprint density at radius 3 is 2.77 bits per heavy atom. The number of carbonyl (C=O) groups excluding carboxylic acids is 2. The Kier molecular flexibility index (Phi) is 1.65. The molecule has 0 spiro atoms. The summed E-state index contributed by atoms with van der Waals surface area (Å²) in [5.74, 6) is 0.175. The van der Waals surface area contributed by atoms with Gasteiger partial charge in [-0.1, -0.05) is 0 Å². The maximum absolute atomic E-state index is 11.4. The molecule has 2 aliphatic rings. The lowest BCUT2D eigenvalue weighted by Crippen LogP contribution is -2.47. The second-order valence-electron chi connectivity index (χ2n) is 3.51. The summed E-state index contributed by atoms with van der Waals surface area (Å²) in [4.78, 5) is 24.3. The van der Waals surface area contributed by atoms with Crippen LogP contribution in [0.2, 0.25) is 0 Å². The minimum absolute atomic E-state index is 0.110. The molecule has 70 valence electrons. The summed E-state index contributed by atoms with van der Waals surface area (Å²) in [5.41, 5.74) is 1.70. The minimum Gasteiger partial charge on any atom is -0.331 e. The quantitative estimate of drug-likeness (QED) is 0.595. The number of Topliss-reactive ketones (excluding diaryl/α,β-unsaturated/α-hetero) is 1. The van der Waals surface area contributed by atoms with Gasteiger partial charge in [-0.2, -0.15) is 0 Å². The van der Waals surface area contributed by atoms with Crippen molar-refractivity contribution >= 4 is 11.8 Å². The molecule has 0 aromatic rings. The molecule has 2 rings (SSSR count). The van der Waals surface area contributed by atoms with Gasteiger partial charge in [0.15, 0.2) is 5.78 Å². The number of allylic oxidation sites excluding steroid dienone is 1. The zero-order chi connectivity index (χ0) is 9.59. The van der Waals surface area contributed by atoms with Gasteiger partial charge < -0.3 is 10.2 Å². The SMILES string of the molecule is CC1NC(=O)N(C)C2=C1C(=O)CC2. The summed E-state index contributed by atoms with van der Waals surface area (Å²) < 4.78 is 0. The van der Waals surface area contributed by atoms with Gasteiger partial charge in [-0.15, -0.1) is 0 Å². The number of hydrogen-bond donors (Lipinski definition) is 1. The van der Waals surface area contributed by atoms with Gasteiger partial charge in [-0.05, 0) is 13.3 Å². The molecule has 13 heavy (non-hydrogen) atoms. The number of nitrogens with one attached hydrogen (secondary N) is 1. The molecular formula is C9H12N2O2. The van der Waals surface area contributed by atoms with Crippen LogP contribution >= 0.6 is 0 Å². The molecule has 4 nitrogen and oxygen atoms in total. The smallest absolute Gasteiger partial charge is 0.321 e. The first-order valence-corrected chi connectivity index (χ1v) is 4.41. The predicted molar refractivity (Wildman–Crippen MR) is 47.0 cm³/mol. The highest BCUT2D eigenvalue weighted by Gasteiger charge is 2.35. The summed E-state index contributed by atoms with van der Waals surface area (Å²) in [6.07, 6.45) is 1.26. The van der Waals surface area contributed by atoms with Crippen molar-refractivity contribution in [2.24, 2.45) is 0 Å². The van der Waals surface area contributed by atoms with Crippen molar-refractivity contribution in [1.82, 2.24) is 10.2 Å². The first-order valence-electron chi connectivity index (χ1n) is 4.41. The lowest BCUT2D eigenvalue weighted by atomic mass is 10.0. The van der Waals surface area contributed by atoms with Gasteiger partial charge in [0.05, 0.1) is 6.04 Å². The second-order valence-corrected chi connectivity index (χ2v) is 3.51. The number of rotatable bonds is 0. The van der Waals surface area contributed by atoms with Crippen LogP contribution in [0.4, 0.5) is 4.79 Å². The number of nitrogens with zero attached hydrogens (tertiary/aromatic N) is 1. The monoisotopic (exact) mass is 180 g/mol. The topological polar surface area (TPSA) is 49.4 Å². The number of urea groups is 1. The van der Waals surface area contributed by atoms with Gasteiger partial charge in [-0.3, -0.25) is 4.79 Å². The maximum Gasteiger partial charge on any atom is 0.321 e. The Balaban J connectivity index is 2.45. The zero-order valence-corrected chi connectivity index (χ0v) is 7.76. The molecule has 4 heteroatoms. The average Bonchev–Trinajstić information content (AvgIpc) is 2.44. The van der Waals surface area contributed by atoms with Crippen LogP contribution in [0.15, 0.2) is 11.3 Å². The lowest BCUT2D eigenvalue weighted by Gasteiger charge is -2.29. The highest BCUT2D eigenvalue weighted by molar-refractivity contribution is 6.02. The van der Waals surface area contributed by atoms with E-state index in [2.05, 4.69) is 5.32 Å². The summed E-state index contributed by atoms with van der Waals surface area (Å²) in [6.45, 7) is 1.85. The Hall–Kier alpha value is -1.32. The van der Waals surface area contributed by atoms with E-state index in [0.29, 0.717) is 12.8 Å². The molecule has 1 heterocycles. The third kappa shape index (κ3) is 1.05. The first-order chi connectivity index (χ1) is 6.11. The fourth-order valence-electron chi connectivity index (χ4n) is 1.98. The number of ketones is 1. The van der Waals surface area contributed by atoms with Crippen molar-refractivity contribution in [2.75, 3.05) is 7.05 Å². The van der Waals surface area contributed by atoms with Crippen LogP contribution in [0.1, 0.15) is 19.8 Å². The molecule has 1 aliphatic carbocycles. The van der Waals surface area contributed by atoms with Crippen molar-refractivity contribution in [2.45, 2.75) is 25.8 Å². The van der Waals surface area contributed by atoms with Crippen LogP contribution < -0.4 is 5.32 Å². The number of carbonyl (C=O) groups is 2. The number of hydrogen-bond acceptors (Lipinski definition) is 2. The molecule has 0 aromatic carbocycles. The maximum atomic E-state index is 11.4. The largest absolute Gasteiger partial charge is 0.331 e. The van der Waals surface area contributed by atoms with E-state index in [1.165, 1.54) is 0 Å². The molecule has 0 saturated carbocycles. The van der Waals surface area contributed by atoms with E-state index in [4.69, 9.17) is 0 Å². The molecule has 1 unspecified atom stereocenters. The van der Waals surface area contributed by atoms with Crippen molar-refractivity contribution in [3.8, 4) is 0 Å². The van der Waals surface area contributed by atoms with Gasteiger partial charge in [0.1, 0.15) is 0 Å². The summed E-state index contributed by atoms with van der Waals surface area (Å²) in [5, 5.41) is 2.74. The van der Waals surface area contributed by atoms with Crippen LogP contribution in [-0.4, -0.2) is 29.8 Å². The van der Waals surface area contributed by atoms with Crippen molar-refractivity contribution in [3.63, 3.8) is 0 Å². The van der Waals surface area contributed by atoms with Crippen molar-refractivity contribution in [1.29, 1.82) is 0 Å². The molecule has 1 N–H and O–H groups in total. The van der Waals surface area contributed by atoms with Gasteiger partial charge in [-0.25, -0.2) is 4.79 Å². The van der Waals surface area contributed by atoms with Gasteiger partial charge in [0.25, 0.3) is 0 Å². The van der Waals surface area contributed by atoms with Crippen LogP contribution in [0.5, 0.6) is 0 Å². The van der Waals surface area contributed by atoms with E-state index in [9.17, 15) is 9.59 Å². The Morgan fingerprint density at radius 1 is 1.38 bits per heavy atom. The normalized spacial score (nSPS) is 27.8. The standard InChI is InChI=1S/C9H12N2O2/c1-5-8-6(3-4-7(8)12)11(2)9(13)10-5/h5H,3-4H2,1-2H3,(H,10,13). The van der Waals surface area contributed by atoms with Crippen LogP contribution in [0.3, 0.4) is 0 Å². The van der Waals surface area contributed by atoms with Crippen LogP contribution in [-0.2, 0) is 4.79 Å². The van der Waals surface area contributed by atoms with E-state index in [0.717, 1.165) is 11.3 Å². The molecule has 0 aromatic heterocycles. The van der Waals surface area contributed by atoms with E-state index in [1.54, 1.807) is 11.9 Å².